The number of ether oxygens (including phenoxy) is 1. The van der Waals surface area contributed by atoms with E-state index in [2.05, 4.69) is 5.32 Å². The molecule has 0 bridgehead atoms. The van der Waals surface area contributed by atoms with E-state index in [9.17, 15) is 4.79 Å². The van der Waals surface area contributed by atoms with Crippen LogP contribution in [0, 0.1) is 0 Å². The third-order valence-corrected chi connectivity index (χ3v) is 5.88. The van der Waals surface area contributed by atoms with E-state index in [-0.39, 0.29) is 11.4 Å². The Hall–Kier alpha value is -2.63. The van der Waals surface area contributed by atoms with Crippen LogP contribution in [0.2, 0.25) is 5.02 Å². The number of benzene rings is 3. The minimum atomic E-state index is -0.119. The summed E-state index contributed by atoms with van der Waals surface area (Å²) < 4.78 is 5.94. The second-order valence-corrected chi connectivity index (χ2v) is 7.97. The first kappa shape index (κ1) is 18.7. The highest BCUT2D eigenvalue weighted by atomic mass is 35.5. The second-order valence-electron chi connectivity index (χ2n) is 6.34. The second kappa shape index (κ2) is 8.59. The fourth-order valence-electron chi connectivity index (χ4n) is 3.04. The minimum Gasteiger partial charge on any atom is -0.457 e. The third-order valence-electron chi connectivity index (χ3n) is 4.37. The van der Waals surface area contributed by atoms with Crippen molar-refractivity contribution in [3.63, 3.8) is 0 Å². The van der Waals surface area contributed by atoms with E-state index in [1.165, 1.54) is 0 Å². The van der Waals surface area contributed by atoms with E-state index in [1.54, 1.807) is 36.0 Å². The monoisotopic (exact) mass is 410 g/mol. The maximum absolute atomic E-state index is 12.8. The number of halogens is 1. The lowest BCUT2D eigenvalue weighted by Crippen LogP contribution is -2.34. The molecule has 1 saturated heterocycles. The van der Waals surface area contributed by atoms with Crippen LogP contribution < -0.4 is 10.1 Å². The molecule has 0 radical (unpaired) electrons. The summed E-state index contributed by atoms with van der Waals surface area (Å²) in [6.07, 6.45) is 0. The van der Waals surface area contributed by atoms with Crippen molar-refractivity contribution in [3.05, 3.63) is 89.4 Å². The van der Waals surface area contributed by atoms with Crippen LogP contribution in [0.25, 0.3) is 0 Å². The summed E-state index contributed by atoms with van der Waals surface area (Å²) in [5.41, 5.74) is 1.77. The van der Waals surface area contributed by atoms with Crippen molar-refractivity contribution < 1.29 is 9.53 Å². The summed E-state index contributed by atoms with van der Waals surface area (Å²) in [6, 6.07) is 24.6. The number of carbonyl (C=O) groups is 1. The molecule has 0 spiro atoms. The maximum atomic E-state index is 12.8. The molecule has 3 aromatic carbocycles. The molecule has 3 aromatic rings. The van der Waals surface area contributed by atoms with Crippen molar-refractivity contribution in [2.45, 2.75) is 5.37 Å². The number of carbonyl (C=O) groups excluding carboxylic acids is 1. The van der Waals surface area contributed by atoms with Gasteiger partial charge in [0.1, 0.15) is 16.9 Å². The van der Waals surface area contributed by atoms with E-state index in [4.69, 9.17) is 16.3 Å². The summed E-state index contributed by atoms with van der Waals surface area (Å²) in [5.74, 6) is 2.44. The molecule has 2 amide bonds. The molecule has 1 fully saturated rings. The summed E-state index contributed by atoms with van der Waals surface area (Å²) >= 11 is 7.66. The highest BCUT2D eigenvalue weighted by Crippen LogP contribution is 2.39. The molecule has 6 heteroatoms. The van der Waals surface area contributed by atoms with Crippen LogP contribution in [0.5, 0.6) is 11.5 Å². The van der Waals surface area contributed by atoms with Crippen molar-refractivity contribution in [2.24, 2.45) is 0 Å². The Balaban J connectivity index is 1.49. The molecule has 1 atom stereocenters. The van der Waals surface area contributed by atoms with E-state index in [0.717, 1.165) is 28.5 Å². The zero-order valence-electron chi connectivity index (χ0n) is 15.0. The zero-order chi connectivity index (χ0) is 19.3. The molecule has 4 nitrogen and oxygen atoms in total. The molecule has 142 valence electrons. The molecule has 1 N–H and O–H groups in total. The van der Waals surface area contributed by atoms with Crippen molar-refractivity contribution in [2.75, 3.05) is 17.6 Å². The van der Waals surface area contributed by atoms with Crippen molar-refractivity contribution in [3.8, 4) is 11.5 Å². The van der Waals surface area contributed by atoms with Gasteiger partial charge in [0, 0.05) is 23.0 Å². The van der Waals surface area contributed by atoms with Gasteiger partial charge < -0.3 is 15.0 Å². The molecule has 1 unspecified atom stereocenters. The number of thioether (sulfide) groups is 1. The number of hydrogen-bond donors (Lipinski definition) is 1. The molecule has 1 aliphatic heterocycles. The lowest BCUT2D eigenvalue weighted by Gasteiger charge is -2.24. The van der Waals surface area contributed by atoms with Crippen LogP contribution in [-0.2, 0) is 0 Å². The predicted molar refractivity (Wildman–Crippen MR) is 115 cm³/mol. The fourth-order valence-corrected chi connectivity index (χ4v) is 4.41. The number of hydrogen-bond acceptors (Lipinski definition) is 3. The topological polar surface area (TPSA) is 41.6 Å². The number of nitrogens with one attached hydrogen (secondary N) is 1. The number of urea groups is 1. The highest BCUT2D eigenvalue weighted by molar-refractivity contribution is 7.99. The van der Waals surface area contributed by atoms with Gasteiger partial charge in [-0.15, -0.1) is 11.8 Å². The SMILES string of the molecule is O=C(Nc1ccc(Cl)cc1)N1CCSC1c1cccc(Oc2ccccc2)c1. The highest BCUT2D eigenvalue weighted by Gasteiger charge is 2.31. The summed E-state index contributed by atoms with van der Waals surface area (Å²) in [6.45, 7) is 0.693. The first-order valence-electron chi connectivity index (χ1n) is 8.97. The molecule has 1 aliphatic rings. The molecule has 4 rings (SSSR count). The van der Waals surface area contributed by atoms with Gasteiger partial charge in [0.15, 0.2) is 0 Å². The normalized spacial score (nSPS) is 16.0. The van der Waals surface area contributed by atoms with Gasteiger partial charge in [0.05, 0.1) is 0 Å². The predicted octanol–water partition coefficient (Wildman–Crippen LogP) is 6.41. The maximum Gasteiger partial charge on any atom is 0.323 e. The van der Waals surface area contributed by atoms with E-state index in [1.807, 2.05) is 59.5 Å². The van der Waals surface area contributed by atoms with E-state index < -0.39 is 0 Å². The first-order chi connectivity index (χ1) is 13.7. The Bertz CT molecular complexity index is 950. The Labute approximate surface area is 173 Å². The molecule has 0 aliphatic carbocycles. The Morgan fingerprint density at radius 2 is 1.75 bits per heavy atom. The van der Waals surface area contributed by atoms with Gasteiger partial charge in [0.2, 0.25) is 0 Å². The zero-order valence-corrected chi connectivity index (χ0v) is 16.6. The van der Waals surface area contributed by atoms with Crippen LogP contribution in [0.3, 0.4) is 0 Å². The largest absolute Gasteiger partial charge is 0.457 e. The number of nitrogens with zero attached hydrogens (tertiary/aromatic N) is 1. The van der Waals surface area contributed by atoms with Crippen LogP contribution in [0.4, 0.5) is 10.5 Å². The van der Waals surface area contributed by atoms with Crippen molar-refractivity contribution >= 4 is 35.1 Å². The fraction of sp³-hybridized carbons (Fsp3) is 0.136. The summed E-state index contributed by atoms with van der Waals surface area (Å²) in [7, 11) is 0. The van der Waals surface area contributed by atoms with Crippen LogP contribution in [0.1, 0.15) is 10.9 Å². The lowest BCUT2D eigenvalue weighted by molar-refractivity contribution is 0.214. The van der Waals surface area contributed by atoms with E-state index >= 15 is 0 Å². The minimum absolute atomic E-state index is 0.0494. The van der Waals surface area contributed by atoms with Crippen LogP contribution >= 0.6 is 23.4 Å². The van der Waals surface area contributed by atoms with Gasteiger partial charge in [-0.05, 0) is 54.1 Å². The van der Waals surface area contributed by atoms with Crippen molar-refractivity contribution in [1.29, 1.82) is 0 Å². The van der Waals surface area contributed by atoms with Gasteiger partial charge in [-0.3, -0.25) is 0 Å². The number of anilines is 1. The lowest BCUT2D eigenvalue weighted by atomic mass is 10.2. The van der Waals surface area contributed by atoms with Gasteiger partial charge in [-0.1, -0.05) is 41.9 Å². The number of amides is 2. The molecule has 0 saturated carbocycles. The molecule has 1 heterocycles. The van der Waals surface area contributed by atoms with Gasteiger partial charge in [0.25, 0.3) is 0 Å². The summed E-state index contributed by atoms with van der Waals surface area (Å²) in [5, 5.41) is 3.54. The molecule has 28 heavy (non-hydrogen) atoms. The Kier molecular flexibility index (Phi) is 5.74. The third kappa shape index (κ3) is 4.43. The average molecular weight is 411 g/mol. The molecular weight excluding hydrogens is 392 g/mol. The molecular formula is C22H19ClN2O2S. The average Bonchev–Trinajstić information content (AvgIpc) is 3.21. The first-order valence-corrected chi connectivity index (χ1v) is 10.4. The standard InChI is InChI=1S/C22H19ClN2O2S/c23-17-9-11-18(12-10-17)24-22(26)25-13-14-28-21(25)16-5-4-8-20(15-16)27-19-6-2-1-3-7-19/h1-12,15,21H,13-14H2,(H,24,26). The van der Waals surface area contributed by atoms with Gasteiger partial charge >= 0.3 is 6.03 Å². The van der Waals surface area contributed by atoms with E-state index in [0.29, 0.717) is 11.6 Å². The van der Waals surface area contributed by atoms with Gasteiger partial charge in [-0.25, -0.2) is 4.79 Å². The van der Waals surface area contributed by atoms with Crippen LogP contribution in [0.15, 0.2) is 78.9 Å². The quantitative estimate of drug-likeness (QED) is 0.540. The Morgan fingerprint density at radius 1 is 1.00 bits per heavy atom. The number of para-hydroxylation sites is 1. The van der Waals surface area contributed by atoms with Crippen molar-refractivity contribution in [1.82, 2.24) is 4.90 Å². The summed E-state index contributed by atoms with van der Waals surface area (Å²) in [4.78, 5) is 14.6. The smallest absolute Gasteiger partial charge is 0.323 e. The van der Waals surface area contributed by atoms with Gasteiger partial charge in [-0.2, -0.15) is 0 Å². The Morgan fingerprint density at radius 3 is 2.54 bits per heavy atom. The number of rotatable bonds is 4. The molecule has 0 aromatic heterocycles. The van der Waals surface area contributed by atoms with Crippen LogP contribution in [-0.4, -0.2) is 23.2 Å².